The van der Waals surface area contributed by atoms with E-state index in [0.29, 0.717) is 0 Å². The number of hydrogen-bond donors (Lipinski definition) is 2. The molecule has 0 heterocycles. The van der Waals surface area contributed by atoms with E-state index in [1.807, 2.05) is 12.1 Å². The second-order valence-electron chi connectivity index (χ2n) is 4.54. The molecule has 4 heteroatoms. The molecule has 4 nitrogen and oxygen atoms in total. The van der Waals surface area contributed by atoms with Crippen molar-refractivity contribution < 1.29 is 9.47 Å². The zero-order valence-electron chi connectivity index (χ0n) is 12.0. The summed E-state index contributed by atoms with van der Waals surface area (Å²) in [4.78, 5) is 0. The number of rotatable bonds is 10. The molecular formula is C15H26N2O2. The summed E-state index contributed by atoms with van der Waals surface area (Å²) in [6.45, 7) is 6.48. The van der Waals surface area contributed by atoms with Crippen LogP contribution >= 0.6 is 0 Å². The van der Waals surface area contributed by atoms with Crippen molar-refractivity contribution in [1.29, 1.82) is 0 Å². The minimum atomic E-state index is 0.122. The zero-order chi connectivity index (χ0) is 13.9. The van der Waals surface area contributed by atoms with Crippen molar-refractivity contribution in [3.05, 3.63) is 29.8 Å². The van der Waals surface area contributed by atoms with Gasteiger partial charge in [0, 0.05) is 19.3 Å². The lowest BCUT2D eigenvalue weighted by molar-refractivity contribution is 0.124. The molecular weight excluding hydrogens is 240 g/mol. The third-order valence-corrected chi connectivity index (χ3v) is 2.86. The maximum Gasteiger partial charge on any atom is 0.119 e. The number of nitrogens with one attached hydrogen (secondary N) is 1. The molecule has 1 rings (SSSR count). The Kier molecular flexibility index (Phi) is 8.21. The van der Waals surface area contributed by atoms with Gasteiger partial charge in [-0.2, -0.15) is 0 Å². The topological polar surface area (TPSA) is 56.5 Å². The molecule has 0 aromatic heterocycles. The fraction of sp³-hybridized carbons (Fsp3) is 0.600. The van der Waals surface area contributed by atoms with E-state index in [1.54, 1.807) is 0 Å². The molecule has 0 spiro atoms. The Labute approximate surface area is 116 Å². The maximum absolute atomic E-state index is 5.60. The van der Waals surface area contributed by atoms with Gasteiger partial charge in [-0.05, 0) is 37.0 Å². The van der Waals surface area contributed by atoms with Crippen molar-refractivity contribution in [3.63, 3.8) is 0 Å². The highest BCUT2D eigenvalue weighted by Crippen LogP contribution is 2.20. The SMILES string of the molecule is CCCOCCC(NN)c1ccc(OCCC)cc1. The van der Waals surface area contributed by atoms with Crippen molar-refractivity contribution in [2.45, 2.75) is 39.2 Å². The Balaban J connectivity index is 2.46. The van der Waals surface area contributed by atoms with E-state index < -0.39 is 0 Å². The molecule has 0 saturated carbocycles. The highest BCUT2D eigenvalue weighted by molar-refractivity contribution is 5.29. The van der Waals surface area contributed by atoms with E-state index >= 15 is 0 Å². The first-order chi connectivity index (χ1) is 9.31. The molecule has 0 radical (unpaired) electrons. The number of ether oxygens (including phenoxy) is 2. The summed E-state index contributed by atoms with van der Waals surface area (Å²) in [5, 5.41) is 0. The monoisotopic (exact) mass is 266 g/mol. The number of hydrogen-bond acceptors (Lipinski definition) is 4. The largest absolute Gasteiger partial charge is 0.494 e. The highest BCUT2D eigenvalue weighted by Gasteiger charge is 2.09. The summed E-state index contributed by atoms with van der Waals surface area (Å²) < 4.78 is 11.1. The van der Waals surface area contributed by atoms with Crippen LogP contribution in [0.15, 0.2) is 24.3 Å². The van der Waals surface area contributed by atoms with Gasteiger partial charge in [-0.15, -0.1) is 0 Å². The van der Waals surface area contributed by atoms with Gasteiger partial charge in [0.1, 0.15) is 5.75 Å². The Morgan fingerprint density at radius 2 is 1.74 bits per heavy atom. The molecule has 19 heavy (non-hydrogen) atoms. The molecule has 0 amide bonds. The van der Waals surface area contributed by atoms with E-state index in [1.165, 1.54) is 0 Å². The van der Waals surface area contributed by atoms with E-state index in [0.717, 1.165) is 50.4 Å². The molecule has 1 aromatic rings. The average molecular weight is 266 g/mol. The van der Waals surface area contributed by atoms with E-state index in [-0.39, 0.29) is 6.04 Å². The summed E-state index contributed by atoms with van der Waals surface area (Å²) in [5.41, 5.74) is 4.00. The van der Waals surface area contributed by atoms with Crippen molar-refractivity contribution in [2.24, 2.45) is 5.84 Å². The predicted octanol–water partition coefficient (Wildman–Crippen LogP) is 2.80. The van der Waals surface area contributed by atoms with Crippen LogP contribution in [0.3, 0.4) is 0 Å². The van der Waals surface area contributed by atoms with Gasteiger partial charge in [-0.1, -0.05) is 26.0 Å². The van der Waals surface area contributed by atoms with Crippen molar-refractivity contribution >= 4 is 0 Å². The Morgan fingerprint density at radius 1 is 1.05 bits per heavy atom. The molecule has 1 unspecified atom stereocenters. The van der Waals surface area contributed by atoms with Gasteiger partial charge in [-0.3, -0.25) is 11.3 Å². The average Bonchev–Trinajstić information content (AvgIpc) is 2.46. The summed E-state index contributed by atoms with van der Waals surface area (Å²) in [5.74, 6) is 6.51. The lowest BCUT2D eigenvalue weighted by atomic mass is 10.0. The first-order valence-electron chi connectivity index (χ1n) is 7.08. The van der Waals surface area contributed by atoms with Crippen LogP contribution in [0.1, 0.15) is 44.7 Å². The van der Waals surface area contributed by atoms with Gasteiger partial charge >= 0.3 is 0 Å². The molecule has 108 valence electrons. The van der Waals surface area contributed by atoms with Gasteiger partial charge < -0.3 is 9.47 Å². The first-order valence-corrected chi connectivity index (χ1v) is 7.08. The standard InChI is InChI=1S/C15H26N2O2/c1-3-10-18-12-9-15(17-16)13-5-7-14(8-6-13)19-11-4-2/h5-8,15,17H,3-4,9-12,16H2,1-2H3. The Bertz CT molecular complexity index is 327. The minimum absolute atomic E-state index is 0.122. The lowest BCUT2D eigenvalue weighted by Gasteiger charge is -2.16. The highest BCUT2D eigenvalue weighted by atomic mass is 16.5. The Morgan fingerprint density at radius 3 is 2.32 bits per heavy atom. The fourth-order valence-electron chi connectivity index (χ4n) is 1.81. The summed E-state index contributed by atoms with van der Waals surface area (Å²) in [6, 6.07) is 8.20. The smallest absolute Gasteiger partial charge is 0.119 e. The third-order valence-electron chi connectivity index (χ3n) is 2.86. The minimum Gasteiger partial charge on any atom is -0.494 e. The van der Waals surface area contributed by atoms with Crippen LogP contribution in [-0.2, 0) is 4.74 Å². The molecule has 0 aliphatic carbocycles. The second-order valence-corrected chi connectivity index (χ2v) is 4.54. The van der Waals surface area contributed by atoms with Crippen LogP contribution in [0, 0.1) is 0 Å². The number of nitrogens with two attached hydrogens (primary N) is 1. The van der Waals surface area contributed by atoms with E-state index in [2.05, 4.69) is 31.4 Å². The molecule has 0 fully saturated rings. The quantitative estimate of drug-likeness (QED) is 0.388. The van der Waals surface area contributed by atoms with Crippen LogP contribution < -0.4 is 16.0 Å². The van der Waals surface area contributed by atoms with E-state index in [9.17, 15) is 0 Å². The van der Waals surface area contributed by atoms with Crippen LogP contribution in [0.2, 0.25) is 0 Å². The molecule has 3 N–H and O–H groups in total. The second kappa shape index (κ2) is 9.78. The van der Waals surface area contributed by atoms with Gasteiger partial charge in [-0.25, -0.2) is 0 Å². The number of benzene rings is 1. The van der Waals surface area contributed by atoms with Gasteiger partial charge in [0.15, 0.2) is 0 Å². The van der Waals surface area contributed by atoms with Crippen LogP contribution in [-0.4, -0.2) is 19.8 Å². The number of hydrazine groups is 1. The van der Waals surface area contributed by atoms with E-state index in [4.69, 9.17) is 15.3 Å². The van der Waals surface area contributed by atoms with Gasteiger partial charge in [0.2, 0.25) is 0 Å². The lowest BCUT2D eigenvalue weighted by Crippen LogP contribution is -2.29. The third kappa shape index (κ3) is 6.05. The molecule has 1 aromatic carbocycles. The van der Waals surface area contributed by atoms with Crippen LogP contribution in [0.5, 0.6) is 5.75 Å². The van der Waals surface area contributed by atoms with Crippen molar-refractivity contribution in [3.8, 4) is 5.75 Å². The summed E-state index contributed by atoms with van der Waals surface area (Å²) in [6.07, 6.45) is 2.93. The molecule has 0 aliphatic heterocycles. The Hall–Kier alpha value is -1.10. The van der Waals surface area contributed by atoms with Crippen LogP contribution in [0.25, 0.3) is 0 Å². The molecule has 1 atom stereocenters. The first kappa shape index (κ1) is 16.0. The summed E-state index contributed by atoms with van der Waals surface area (Å²) >= 11 is 0. The molecule has 0 bridgehead atoms. The molecule has 0 aliphatic rings. The normalized spacial score (nSPS) is 12.4. The predicted molar refractivity (Wildman–Crippen MR) is 78.0 cm³/mol. The maximum atomic E-state index is 5.60. The van der Waals surface area contributed by atoms with Gasteiger partial charge in [0.05, 0.1) is 6.61 Å². The molecule has 0 saturated heterocycles. The fourth-order valence-corrected chi connectivity index (χ4v) is 1.81. The van der Waals surface area contributed by atoms with Crippen LogP contribution in [0.4, 0.5) is 0 Å². The van der Waals surface area contributed by atoms with Crippen molar-refractivity contribution in [1.82, 2.24) is 5.43 Å². The van der Waals surface area contributed by atoms with Gasteiger partial charge in [0.25, 0.3) is 0 Å². The van der Waals surface area contributed by atoms with Crippen molar-refractivity contribution in [2.75, 3.05) is 19.8 Å². The summed E-state index contributed by atoms with van der Waals surface area (Å²) in [7, 11) is 0. The zero-order valence-corrected chi connectivity index (χ0v) is 12.0.